The maximum absolute atomic E-state index is 12.7. The average Bonchev–Trinajstić information content (AvgIpc) is 3.30. The van der Waals surface area contributed by atoms with Crippen molar-refractivity contribution in [3.05, 3.63) is 54.0 Å². The van der Waals surface area contributed by atoms with E-state index in [-0.39, 0.29) is 17.9 Å². The molecule has 1 aromatic heterocycles. The van der Waals surface area contributed by atoms with E-state index in [1.807, 2.05) is 23.1 Å². The van der Waals surface area contributed by atoms with Crippen LogP contribution in [0.3, 0.4) is 0 Å². The molecule has 0 bridgehead atoms. The fourth-order valence-electron chi connectivity index (χ4n) is 3.35. The summed E-state index contributed by atoms with van der Waals surface area (Å²) >= 11 is 0. The first kappa shape index (κ1) is 14.8. The monoisotopic (exact) mass is 325 g/mol. The zero-order valence-electron chi connectivity index (χ0n) is 13.3. The van der Waals surface area contributed by atoms with E-state index in [0.29, 0.717) is 31.9 Å². The van der Waals surface area contributed by atoms with Crippen LogP contribution in [0.4, 0.5) is 5.69 Å². The number of hydrogen-bond acceptors (Lipinski definition) is 4. The van der Waals surface area contributed by atoms with Crippen molar-refractivity contribution in [3.8, 4) is 0 Å². The molecule has 3 heterocycles. The second kappa shape index (κ2) is 6.03. The number of carbonyl (C=O) groups is 2. The van der Waals surface area contributed by atoms with Gasteiger partial charge in [-0.1, -0.05) is 18.2 Å². The first-order valence-corrected chi connectivity index (χ1v) is 8.18. The molecule has 0 aliphatic carbocycles. The summed E-state index contributed by atoms with van der Waals surface area (Å²) in [6, 6.07) is 11.2. The van der Waals surface area contributed by atoms with Crippen LogP contribution < -0.4 is 5.32 Å². The van der Waals surface area contributed by atoms with E-state index in [2.05, 4.69) is 11.4 Å². The molecule has 24 heavy (non-hydrogen) atoms. The molecule has 4 rings (SSSR count). The van der Waals surface area contributed by atoms with Gasteiger partial charge in [-0.05, 0) is 23.8 Å². The van der Waals surface area contributed by atoms with Gasteiger partial charge >= 0.3 is 0 Å². The van der Waals surface area contributed by atoms with E-state index < -0.39 is 0 Å². The lowest BCUT2D eigenvalue weighted by Gasteiger charge is -2.35. The summed E-state index contributed by atoms with van der Waals surface area (Å²) in [6.45, 7) is 2.18. The number of nitrogens with zero attached hydrogens (tertiary/aromatic N) is 2. The van der Waals surface area contributed by atoms with Crippen LogP contribution >= 0.6 is 0 Å². The molecule has 1 saturated heterocycles. The topological polar surface area (TPSA) is 65.8 Å². The zero-order chi connectivity index (χ0) is 16.5. The first-order chi connectivity index (χ1) is 11.7. The van der Waals surface area contributed by atoms with E-state index in [1.54, 1.807) is 17.0 Å². The highest BCUT2D eigenvalue weighted by molar-refractivity contribution is 5.92. The van der Waals surface area contributed by atoms with E-state index >= 15 is 0 Å². The molecule has 2 amide bonds. The molecule has 6 heteroatoms. The Morgan fingerprint density at radius 1 is 1.00 bits per heavy atom. The summed E-state index contributed by atoms with van der Waals surface area (Å²) < 4.78 is 5.16. The van der Waals surface area contributed by atoms with Crippen molar-refractivity contribution in [2.45, 2.75) is 12.5 Å². The maximum Gasteiger partial charge on any atom is 0.289 e. The van der Waals surface area contributed by atoms with Gasteiger partial charge in [0.2, 0.25) is 5.91 Å². The number of amides is 2. The van der Waals surface area contributed by atoms with Crippen LogP contribution in [0, 0.1) is 0 Å². The Bertz CT molecular complexity index is 724. The summed E-state index contributed by atoms with van der Waals surface area (Å²) in [4.78, 5) is 28.6. The number of para-hydroxylation sites is 1. The van der Waals surface area contributed by atoms with Crippen molar-refractivity contribution in [2.75, 3.05) is 31.5 Å². The van der Waals surface area contributed by atoms with Crippen LogP contribution in [0.15, 0.2) is 47.1 Å². The molecule has 0 saturated carbocycles. The van der Waals surface area contributed by atoms with Crippen molar-refractivity contribution in [2.24, 2.45) is 0 Å². The molecule has 2 aliphatic rings. The Labute approximate surface area is 140 Å². The number of fused-ring (bicyclic) bond motifs is 1. The molecule has 1 N–H and O–H groups in total. The molecule has 0 radical (unpaired) electrons. The third kappa shape index (κ3) is 2.64. The van der Waals surface area contributed by atoms with Gasteiger partial charge in [-0.15, -0.1) is 0 Å². The van der Waals surface area contributed by atoms with Crippen LogP contribution in [-0.2, 0) is 11.2 Å². The molecular formula is C18H19N3O3. The third-order valence-electron chi connectivity index (χ3n) is 4.68. The molecule has 124 valence electrons. The van der Waals surface area contributed by atoms with Crippen LogP contribution in [0.5, 0.6) is 0 Å². The van der Waals surface area contributed by atoms with Gasteiger partial charge in [0.15, 0.2) is 5.76 Å². The van der Waals surface area contributed by atoms with Crippen LogP contribution in [-0.4, -0.2) is 53.8 Å². The minimum atomic E-state index is -0.199. The number of hydrogen-bond donors (Lipinski definition) is 1. The molecule has 0 spiro atoms. The maximum atomic E-state index is 12.7. The largest absolute Gasteiger partial charge is 0.459 e. The summed E-state index contributed by atoms with van der Waals surface area (Å²) in [6.07, 6.45) is 2.22. The van der Waals surface area contributed by atoms with Gasteiger partial charge in [0.05, 0.1) is 6.26 Å². The predicted octanol–water partition coefficient (Wildman–Crippen LogP) is 1.60. The number of furan rings is 1. The van der Waals surface area contributed by atoms with Crippen molar-refractivity contribution < 1.29 is 14.0 Å². The number of benzene rings is 1. The highest BCUT2D eigenvalue weighted by Crippen LogP contribution is 2.26. The predicted molar refractivity (Wildman–Crippen MR) is 88.7 cm³/mol. The van der Waals surface area contributed by atoms with Gasteiger partial charge in [-0.3, -0.25) is 9.59 Å². The highest BCUT2D eigenvalue weighted by Gasteiger charge is 2.32. The van der Waals surface area contributed by atoms with E-state index in [9.17, 15) is 9.59 Å². The summed E-state index contributed by atoms with van der Waals surface area (Å²) in [7, 11) is 0. The molecule has 1 aromatic carbocycles. The van der Waals surface area contributed by atoms with Crippen molar-refractivity contribution in [3.63, 3.8) is 0 Å². The van der Waals surface area contributed by atoms with E-state index in [0.717, 1.165) is 12.1 Å². The van der Waals surface area contributed by atoms with Crippen LogP contribution in [0.25, 0.3) is 0 Å². The van der Waals surface area contributed by atoms with Gasteiger partial charge in [0.25, 0.3) is 5.91 Å². The smallest absolute Gasteiger partial charge is 0.289 e. The third-order valence-corrected chi connectivity index (χ3v) is 4.68. The Morgan fingerprint density at radius 3 is 2.46 bits per heavy atom. The van der Waals surface area contributed by atoms with Gasteiger partial charge < -0.3 is 19.5 Å². The first-order valence-electron chi connectivity index (χ1n) is 8.18. The molecule has 2 aliphatic heterocycles. The number of nitrogens with one attached hydrogen (secondary N) is 1. The Morgan fingerprint density at radius 2 is 1.75 bits per heavy atom. The molecule has 1 unspecified atom stereocenters. The Kier molecular flexibility index (Phi) is 3.72. The lowest BCUT2D eigenvalue weighted by Crippen LogP contribution is -2.53. The molecule has 1 atom stereocenters. The van der Waals surface area contributed by atoms with E-state index in [1.165, 1.54) is 11.8 Å². The van der Waals surface area contributed by atoms with E-state index in [4.69, 9.17) is 4.42 Å². The number of rotatable bonds is 2. The second-order valence-corrected chi connectivity index (χ2v) is 6.15. The van der Waals surface area contributed by atoms with Gasteiger partial charge in [0, 0.05) is 38.3 Å². The van der Waals surface area contributed by atoms with Crippen LogP contribution in [0.2, 0.25) is 0 Å². The summed E-state index contributed by atoms with van der Waals surface area (Å²) in [5.74, 6) is 0.345. The minimum absolute atomic E-state index is 0.108. The van der Waals surface area contributed by atoms with Gasteiger partial charge in [0.1, 0.15) is 6.04 Å². The standard InChI is InChI=1S/C18H19N3O3/c22-17(15-12-13-4-1-2-5-14(13)19-15)20-7-9-21(10-8-20)18(23)16-6-3-11-24-16/h1-6,11,15,19H,7-10,12H2. The second-order valence-electron chi connectivity index (χ2n) is 6.15. The number of anilines is 1. The number of piperazine rings is 1. The zero-order valence-corrected chi connectivity index (χ0v) is 13.3. The SMILES string of the molecule is O=C(c1ccco1)N1CCN(C(=O)C2Cc3ccccc3N2)CC1. The van der Waals surface area contributed by atoms with Gasteiger partial charge in [-0.2, -0.15) is 0 Å². The summed E-state index contributed by atoms with van der Waals surface area (Å²) in [5.41, 5.74) is 2.23. The number of carbonyl (C=O) groups excluding carboxylic acids is 2. The normalized spacial score (nSPS) is 19.8. The Hall–Kier alpha value is -2.76. The summed E-state index contributed by atoms with van der Waals surface area (Å²) in [5, 5.41) is 3.30. The van der Waals surface area contributed by atoms with Crippen molar-refractivity contribution in [1.29, 1.82) is 0 Å². The van der Waals surface area contributed by atoms with Crippen molar-refractivity contribution in [1.82, 2.24) is 9.80 Å². The Balaban J connectivity index is 1.35. The minimum Gasteiger partial charge on any atom is -0.459 e. The molecule has 2 aromatic rings. The lowest BCUT2D eigenvalue weighted by molar-refractivity contribution is -0.133. The van der Waals surface area contributed by atoms with Gasteiger partial charge in [-0.25, -0.2) is 0 Å². The van der Waals surface area contributed by atoms with Crippen molar-refractivity contribution >= 4 is 17.5 Å². The molecule has 6 nitrogen and oxygen atoms in total. The average molecular weight is 325 g/mol. The quantitative estimate of drug-likeness (QED) is 0.911. The molecular weight excluding hydrogens is 306 g/mol. The lowest BCUT2D eigenvalue weighted by atomic mass is 10.1. The fourth-order valence-corrected chi connectivity index (χ4v) is 3.35. The highest BCUT2D eigenvalue weighted by atomic mass is 16.3. The fraction of sp³-hybridized carbons (Fsp3) is 0.333. The van der Waals surface area contributed by atoms with Crippen LogP contribution in [0.1, 0.15) is 16.1 Å². The molecule has 1 fully saturated rings.